The van der Waals surface area contributed by atoms with Gasteiger partial charge >= 0.3 is 0 Å². The summed E-state index contributed by atoms with van der Waals surface area (Å²) in [6, 6.07) is 11.7. The Balaban J connectivity index is 1.56. The van der Waals surface area contributed by atoms with E-state index >= 15 is 0 Å². The Morgan fingerprint density at radius 2 is 2.08 bits per heavy atom. The third-order valence-corrected chi connectivity index (χ3v) is 4.57. The molecule has 26 heavy (non-hydrogen) atoms. The van der Waals surface area contributed by atoms with Gasteiger partial charge in [0.05, 0.1) is 12.0 Å². The van der Waals surface area contributed by atoms with Crippen LogP contribution in [0.15, 0.2) is 59.0 Å². The molecule has 3 aromatic rings. The summed E-state index contributed by atoms with van der Waals surface area (Å²) in [7, 11) is 1.89. The molecule has 1 aromatic carbocycles. The maximum absolute atomic E-state index is 11.9. The molecule has 0 bridgehead atoms. The number of nitrogens with zero attached hydrogens (tertiary/aromatic N) is 5. The fourth-order valence-corrected chi connectivity index (χ4v) is 2.97. The van der Waals surface area contributed by atoms with Crippen molar-refractivity contribution in [2.45, 2.75) is 12.1 Å². The van der Waals surface area contributed by atoms with Crippen LogP contribution in [0.25, 0.3) is 11.4 Å². The Labute approximate surface area is 155 Å². The molecule has 0 aliphatic carbocycles. The van der Waals surface area contributed by atoms with E-state index in [1.165, 1.54) is 11.8 Å². The summed E-state index contributed by atoms with van der Waals surface area (Å²) in [5.74, 6) is 0.765. The number of amides is 1. The van der Waals surface area contributed by atoms with Crippen LogP contribution in [0.1, 0.15) is 11.1 Å². The van der Waals surface area contributed by atoms with Crippen LogP contribution in [0.2, 0.25) is 0 Å². The number of rotatable bonds is 6. The molecule has 1 amide bonds. The van der Waals surface area contributed by atoms with Crippen molar-refractivity contribution >= 4 is 23.9 Å². The van der Waals surface area contributed by atoms with E-state index in [2.05, 4.69) is 31.8 Å². The largest absolute Gasteiger partial charge is 0.305 e. The first-order valence-corrected chi connectivity index (χ1v) is 8.93. The lowest BCUT2D eigenvalue weighted by atomic mass is 10.1. The Morgan fingerprint density at radius 3 is 2.85 bits per heavy atom. The van der Waals surface area contributed by atoms with Crippen molar-refractivity contribution in [1.29, 1.82) is 0 Å². The number of hydrogen-bond donors (Lipinski definition) is 1. The number of hydrogen-bond acceptors (Lipinski definition) is 6. The fraction of sp³-hybridized carbons (Fsp3) is 0.167. The van der Waals surface area contributed by atoms with E-state index in [1.807, 2.05) is 36.7 Å². The Kier molecular flexibility index (Phi) is 5.75. The smallest absolute Gasteiger partial charge is 0.250 e. The lowest BCUT2D eigenvalue weighted by Crippen LogP contribution is -2.19. The number of pyridine rings is 1. The average Bonchev–Trinajstić information content (AvgIpc) is 3.01. The Bertz CT molecular complexity index is 922. The zero-order valence-electron chi connectivity index (χ0n) is 14.5. The number of aryl methyl sites for hydroxylation is 1. The van der Waals surface area contributed by atoms with Crippen molar-refractivity contribution < 1.29 is 4.79 Å². The molecule has 0 spiro atoms. The SMILES string of the molecule is Cc1cccc(-c2nnc(SCC(=O)NN=Cc3ccncc3)n2C)c1. The normalized spacial score (nSPS) is 11.0. The molecule has 0 aliphatic heterocycles. The number of benzene rings is 1. The van der Waals surface area contributed by atoms with Crippen molar-refractivity contribution in [3.05, 3.63) is 59.9 Å². The van der Waals surface area contributed by atoms with E-state index < -0.39 is 0 Å². The van der Waals surface area contributed by atoms with Crippen LogP contribution in [0, 0.1) is 6.92 Å². The third kappa shape index (κ3) is 4.54. The van der Waals surface area contributed by atoms with Crippen LogP contribution in [0.5, 0.6) is 0 Å². The maximum atomic E-state index is 11.9. The van der Waals surface area contributed by atoms with Crippen LogP contribution in [-0.2, 0) is 11.8 Å². The minimum Gasteiger partial charge on any atom is -0.305 e. The summed E-state index contributed by atoms with van der Waals surface area (Å²) in [6.07, 6.45) is 4.90. The summed E-state index contributed by atoms with van der Waals surface area (Å²) in [5, 5.41) is 13.0. The monoisotopic (exact) mass is 366 g/mol. The van der Waals surface area contributed by atoms with Gasteiger partial charge in [-0.05, 0) is 30.7 Å². The average molecular weight is 366 g/mol. The number of nitrogens with one attached hydrogen (secondary N) is 1. The van der Waals surface area contributed by atoms with Crippen LogP contribution >= 0.6 is 11.8 Å². The van der Waals surface area contributed by atoms with Gasteiger partial charge in [0.25, 0.3) is 5.91 Å². The Hall–Kier alpha value is -3.00. The van der Waals surface area contributed by atoms with Crippen LogP contribution in [0.3, 0.4) is 0 Å². The second-order valence-electron chi connectivity index (χ2n) is 5.60. The highest BCUT2D eigenvalue weighted by atomic mass is 32.2. The van der Waals surface area contributed by atoms with Gasteiger partial charge in [-0.15, -0.1) is 10.2 Å². The lowest BCUT2D eigenvalue weighted by Gasteiger charge is -2.04. The number of carbonyl (C=O) groups is 1. The number of thioether (sulfide) groups is 1. The van der Waals surface area contributed by atoms with Gasteiger partial charge in [-0.25, -0.2) is 5.43 Å². The molecule has 2 aromatic heterocycles. The molecule has 0 atom stereocenters. The highest BCUT2D eigenvalue weighted by Crippen LogP contribution is 2.23. The summed E-state index contributed by atoms with van der Waals surface area (Å²) in [6.45, 7) is 2.03. The molecule has 0 radical (unpaired) electrons. The van der Waals surface area contributed by atoms with E-state index in [0.29, 0.717) is 5.16 Å². The zero-order valence-corrected chi connectivity index (χ0v) is 15.3. The molecular formula is C18H18N6OS. The molecule has 0 unspecified atom stereocenters. The van der Waals surface area contributed by atoms with Crippen molar-refractivity contribution in [3.63, 3.8) is 0 Å². The van der Waals surface area contributed by atoms with Crippen LogP contribution in [-0.4, -0.2) is 37.6 Å². The molecular weight excluding hydrogens is 348 g/mol. The molecule has 7 nitrogen and oxygen atoms in total. The van der Waals surface area contributed by atoms with E-state index in [9.17, 15) is 4.79 Å². The van der Waals surface area contributed by atoms with E-state index in [0.717, 1.165) is 22.5 Å². The summed E-state index contributed by atoms with van der Waals surface area (Å²) >= 11 is 1.31. The topological polar surface area (TPSA) is 85.1 Å². The zero-order chi connectivity index (χ0) is 18.4. The molecule has 1 N–H and O–H groups in total. The number of aromatic nitrogens is 4. The highest BCUT2D eigenvalue weighted by Gasteiger charge is 2.12. The van der Waals surface area contributed by atoms with Crippen molar-refractivity contribution in [1.82, 2.24) is 25.2 Å². The van der Waals surface area contributed by atoms with Gasteiger partial charge in [0.1, 0.15) is 0 Å². The fourth-order valence-electron chi connectivity index (χ4n) is 2.27. The summed E-state index contributed by atoms with van der Waals surface area (Å²) < 4.78 is 1.88. The molecule has 132 valence electrons. The standard InChI is InChI=1S/C18H18N6OS/c1-13-4-3-5-15(10-13)17-22-23-18(24(17)2)26-12-16(25)21-20-11-14-6-8-19-9-7-14/h3-11H,12H2,1-2H3,(H,21,25). The van der Waals surface area contributed by atoms with Gasteiger partial charge in [0.15, 0.2) is 11.0 Å². The van der Waals surface area contributed by atoms with Crippen LogP contribution < -0.4 is 5.43 Å². The van der Waals surface area contributed by atoms with Crippen LogP contribution in [0.4, 0.5) is 0 Å². The van der Waals surface area contributed by atoms with Gasteiger partial charge < -0.3 is 4.57 Å². The predicted molar refractivity (Wildman–Crippen MR) is 102 cm³/mol. The van der Waals surface area contributed by atoms with Crippen molar-refractivity contribution in [2.75, 3.05) is 5.75 Å². The van der Waals surface area contributed by atoms with Gasteiger partial charge in [-0.1, -0.05) is 35.5 Å². The molecule has 3 rings (SSSR count). The second-order valence-corrected chi connectivity index (χ2v) is 6.54. The summed E-state index contributed by atoms with van der Waals surface area (Å²) in [5.41, 5.74) is 5.52. The first kappa shape index (κ1) is 17.8. The first-order chi connectivity index (χ1) is 12.6. The highest BCUT2D eigenvalue weighted by molar-refractivity contribution is 7.99. The molecule has 2 heterocycles. The van der Waals surface area contributed by atoms with Gasteiger partial charge in [-0.2, -0.15) is 5.10 Å². The summed E-state index contributed by atoms with van der Waals surface area (Å²) in [4.78, 5) is 15.8. The van der Waals surface area contributed by atoms with Crippen molar-refractivity contribution in [2.24, 2.45) is 12.1 Å². The van der Waals surface area contributed by atoms with Crippen molar-refractivity contribution in [3.8, 4) is 11.4 Å². The predicted octanol–water partition coefficient (Wildman–Crippen LogP) is 2.43. The minimum absolute atomic E-state index is 0.202. The van der Waals surface area contributed by atoms with E-state index in [1.54, 1.807) is 30.7 Å². The lowest BCUT2D eigenvalue weighted by molar-refractivity contribution is -0.118. The third-order valence-electron chi connectivity index (χ3n) is 3.55. The molecule has 0 saturated heterocycles. The number of hydrazone groups is 1. The Morgan fingerprint density at radius 1 is 1.27 bits per heavy atom. The second kappa shape index (κ2) is 8.39. The molecule has 0 saturated carbocycles. The number of carbonyl (C=O) groups excluding carboxylic acids is 1. The quantitative estimate of drug-likeness (QED) is 0.411. The first-order valence-electron chi connectivity index (χ1n) is 7.94. The molecule has 0 fully saturated rings. The molecule has 8 heteroatoms. The molecule has 0 aliphatic rings. The van der Waals surface area contributed by atoms with E-state index in [4.69, 9.17) is 0 Å². The maximum Gasteiger partial charge on any atom is 0.250 e. The van der Waals surface area contributed by atoms with E-state index in [-0.39, 0.29) is 11.7 Å². The minimum atomic E-state index is -0.208. The van der Waals surface area contributed by atoms with Gasteiger partial charge in [-0.3, -0.25) is 9.78 Å². The van der Waals surface area contributed by atoms with Gasteiger partial charge in [0.2, 0.25) is 0 Å². The van der Waals surface area contributed by atoms with Gasteiger partial charge in [0, 0.05) is 25.0 Å².